The summed E-state index contributed by atoms with van der Waals surface area (Å²) in [4.78, 5) is 29.6. The Morgan fingerprint density at radius 3 is 2.67 bits per heavy atom. The molecule has 27 heavy (non-hydrogen) atoms. The Morgan fingerprint density at radius 1 is 1.26 bits per heavy atom. The van der Waals surface area contributed by atoms with E-state index in [0.29, 0.717) is 26.8 Å². The van der Waals surface area contributed by atoms with E-state index in [1.807, 2.05) is 0 Å². The van der Waals surface area contributed by atoms with E-state index in [9.17, 15) is 9.59 Å². The molecule has 8 heteroatoms. The maximum absolute atomic E-state index is 11.6. The Morgan fingerprint density at radius 2 is 2.00 bits per heavy atom. The molecule has 0 atom stereocenters. The van der Waals surface area contributed by atoms with E-state index < -0.39 is 5.97 Å². The van der Waals surface area contributed by atoms with Gasteiger partial charge in [-0.2, -0.15) is 0 Å². The monoisotopic (exact) mass is 399 g/mol. The number of carboxylic acids is 1. The second-order valence-corrected chi connectivity index (χ2v) is 6.85. The van der Waals surface area contributed by atoms with Crippen molar-refractivity contribution in [1.29, 1.82) is 0 Å². The number of aromatic nitrogens is 2. The van der Waals surface area contributed by atoms with E-state index in [4.69, 9.17) is 16.7 Å². The van der Waals surface area contributed by atoms with Crippen molar-refractivity contribution in [3.8, 4) is 11.8 Å². The fourth-order valence-electron chi connectivity index (χ4n) is 2.29. The fraction of sp³-hybridized carbons (Fsp3) is 0.105. The highest BCUT2D eigenvalue weighted by atomic mass is 35.5. The Hall–Kier alpha value is -2.95. The molecule has 1 aromatic heterocycles. The summed E-state index contributed by atoms with van der Waals surface area (Å²) in [6, 6.07) is 10.4. The molecule has 3 aromatic rings. The van der Waals surface area contributed by atoms with Gasteiger partial charge in [-0.3, -0.25) is 9.59 Å². The second-order valence-electron chi connectivity index (χ2n) is 5.48. The molecule has 0 bridgehead atoms. The van der Waals surface area contributed by atoms with Crippen LogP contribution in [0.1, 0.15) is 21.5 Å². The number of carbonyl (C=O) groups is 2. The lowest BCUT2D eigenvalue weighted by Crippen LogP contribution is -2.17. The Labute approximate surface area is 164 Å². The maximum atomic E-state index is 11.6. The van der Waals surface area contributed by atoms with E-state index in [0.717, 1.165) is 22.8 Å². The zero-order valence-electron chi connectivity index (χ0n) is 14.2. The van der Waals surface area contributed by atoms with E-state index >= 15 is 0 Å². The summed E-state index contributed by atoms with van der Waals surface area (Å²) in [6.45, 7) is 0. The predicted molar refractivity (Wildman–Crippen MR) is 105 cm³/mol. The standard InChI is InChI=1S/C19H14ClN3O3S/c1-21-18(26)12-5-2-11(3-6-12)4-7-13-8-15-16(9-14(13)20)23-19(22-15)27-10-17(24)25/h2-3,5-6,8-9H,10H2,1H3,(H,21,26)(H,22,23)(H,24,25). The quantitative estimate of drug-likeness (QED) is 0.462. The number of aliphatic carboxylic acids is 1. The number of fused-ring (bicyclic) bond motifs is 1. The number of amides is 1. The number of carboxylic acid groups (broad SMARTS) is 1. The van der Waals surface area contributed by atoms with Crippen LogP contribution >= 0.6 is 23.4 Å². The van der Waals surface area contributed by atoms with Crippen LogP contribution in [0.2, 0.25) is 5.02 Å². The van der Waals surface area contributed by atoms with Crippen molar-refractivity contribution in [3.63, 3.8) is 0 Å². The van der Waals surface area contributed by atoms with Gasteiger partial charge in [-0.1, -0.05) is 35.2 Å². The third-order valence-corrected chi connectivity index (χ3v) is 4.77. The summed E-state index contributed by atoms with van der Waals surface area (Å²) in [7, 11) is 1.58. The van der Waals surface area contributed by atoms with Crippen molar-refractivity contribution < 1.29 is 14.7 Å². The number of imidazole rings is 1. The van der Waals surface area contributed by atoms with Gasteiger partial charge in [0.2, 0.25) is 0 Å². The normalized spacial score (nSPS) is 10.3. The lowest BCUT2D eigenvalue weighted by Gasteiger charge is -1.99. The molecule has 0 unspecified atom stereocenters. The Kier molecular flexibility index (Phi) is 5.69. The summed E-state index contributed by atoms with van der Waals surface area (Å²) < 4.78 is 0. The zero-order valence-corrected chi connectivity index (χ0v) is 15.7. The molecule has 0 saturated carbocycles. The molecule has 0 aliphatic carbocycles. The molecule has 6 nitrogen and oxygen atoms in total. The average Bonchev–Trinajstić information content (AvgIpc) is 3.05. The number of benzene rings is 2. The molecule has 0 fully saturated rings. The molecule has 0 aliphatic heterocycles. The number of halogens is 1. The third kappa shape index (κ3) is 4.61. The molecule has 1 amide bonds. The summed E-state index contributed by atoms with van der Waals surface area (Å²) in [5, 5.41) is 12.3. The highest BCUT2D eigenvalue weighted by Gasteiger charge is 2.09. The number of aromatic amines is 1. The molecular formula is C19H14ClN3O3S. The van der Waals surface area contributed by atoms with Gasteiger partial charge in [0.15, 0.2) is 5.16 Å². The van der Waals surface area contributed by atoms with Gasteiger partial charge in [0.05, 0.1) is 21.8 Å². The number of H-pyrrole nitrogens is 1. The van der Waals surface area contributed by atoms with Crippen molar-refractivity contribution in [2.45, 2.75) is 5.16 Å². The molecule has 0 spiro atoms. The zero-order chi connectivity index (χ0) is 19.4. The van der Waals surface area contributed by atoms with Crippen LogP contribution in [0.15, 0.2) is 41.6 Å². The predicted octanol–water partition coefficient (Wildman–Crippen LogP) is 3.15. The van der Waals surface area contributed by atoms with Gasteiger partial charge < -0.3 is 15.4 Å². The number of nitrogens with zero attached hydrogens (tertiary/aromatic N) is 1. The summed E-state index contributed by atoms with van der Waals surface area (Å²) in [5.74, 6) is 4.89. The molecule has 2 aromatic carbocycles. The minimum Gasteiger partial charge on any atom is -0.481 e. The van der Waals surface area contributed by atoms with Crippen molar-refractivity contribution >= 4 is 46.3 Å². The number of carbonyl (C=O) groups excluding carboxylic acids is 1. The smallest absolute Gasteiger partial charge is 0.313 e. The molecular weight excluding hydrogens is 386 g/mol. The van der Waals surface area contributed by atoms with E-state index in [1.165, 1.54) is 0 Å². The van der Waals surface area contributed by atoms with Gasteiger partial charge in [0.25, 0.3) is 5.91 Å². The first-order valence-corrected chi connectivity index (χ1v) is 9.20. The molecule has 3 N–H and O–H groups in total. The van der Waals surface area contributed by atoms with Crippen LogP contribution in [-0.4, -0.2) is 39.8 Å². The van der Waals surface area contributed by atoms with Gasteiger partial charge in [-0.25, -0.2) is 4.98 Å². The number of rotatable bonds is 4. The summed E-state index contributed by atoms with van der Waals surface area (Å²) in [6.07, 6.45) is 0. The van der Waals surface area contributed by atoms with Crippen LogP contribution in [0, 0.1) is 11.8 Å². The number of nitrogens with one attached hydrogen (secondary N) is 2. The van der Waals surface area contributed by atoms with Gasteiger partial charge >= 0.3 is 5.97 Å². The topological polar surface area (TPSA) is 95.1 Å². The van der Waals surface area contributed by atoms with E-state index in [1.54, 1.807) is 43.4 Å². The van der Waals surface area contributed by atoms with Crippen LogP contribution in [0.25, 0.3) is 11.0 Å². The lowest BCUT2D eigenvalue weighted by atomic mass is 10.1. The van der Waals surface area contributed by atoms with Crippen molar-refractivity contribution in [2.75, 3.05) is 12.8 Å². The fourth-order valence-corrected chi connectivity index (χ4v) is 3.10. The SMILES string of the molecule is CNC(=O)c1ccc(C#Cc2cc3[nH]c(SCC(=O)O)nc3cc2Cl)cc1. The van der Waals surface area contributed by atoms with Crippen LogP contribution in [0.5, 0.6) is 0 Å². The van der Waals surface area contributed by atoms with Gasteiger partial charge in [0, 0.05) is 23.7 Å². The first-order valence-electron chi connectivity index (χ1n) is 7.84. The molecule has 136 valence electrons. The average molecular weight is 400 g/mol. The van der Waals surface area contributed by atoms with Crippen molar-refractivity contribution in [1.82, 2.24) is 15.3 Å². The van der Waals surface area contributed by atoms with Crippen LogP contribution in [0.3, 0.4) is 0 Å². The van der Waals surface area contributed by atoms with Crippen LogP contribution < -0.4 is 5.32 Å². The second kappa shape index (κ2) is 8.16. The molecule has 0 saturated heterocycles. The highest BCUT2D eigenvalue weighted by molar-refractivity contribution is 7.99. The third-order valence-electron chi connectivity index (χ3n) is 3.60. The van der Waals surface area contributed by atoms with Crippen LogP contribution in [-0.2, 0) is 4.79 Å². The van der Waals surface area contributed by atoms with Gasteiger partial charge in [0.1, 0.15) is 0 Å². The van der Waals surface area contributed by atoms with Crippen molar-refractivity contribution in [2.24, 2.45) is 0 Å². The first-order chi connectivity index (χ1) is 13.0. The number of hydrogen-bond acceptors (Lipinski definition) is 4. The first kappa shape index (κ1) is 18.8. The van der Waals surface area contributed by atoms with Crippen LogP contribution in [0.4, 0.5) is 0 Å². The Balaban J connectivity index is 1.84. The van der Waals surface area contributed by atoms with E-state index in [-0.39, 0.29) is 11.7 Å². The molecule has 3 rings (SSSR count). The minimum absolute atomic E-state index is 0.0771. The summed E-state index contributed by atoms with van der Waals surface area (Å²) in [5.41, 5.74) is 3.31. The maximum Gasteiger partial charge on any atom is 0.313 e. The summed E-state index contributed by atoms with van der Waals surface area (Å²) >= 11 is 7.39. The van der Waals surface area contributed by atoms with Crippen molar-refractivity contribution in [3.05, 3.63) is 58.1 Å². The number of hydrogen-bond donors (Lipinski definition) is 3. The van der Waals surface area contributed by atoms with Gasteiger partial charge in [-0.05, 0) is 36.4 Å². The largest absolute Gasteiger partial charge is 0.481 e. The molecule has 0 aliphatic rings. The Bertz CT molecular complexity index is 1080. The highest BCUT2D eigenvalue weighted by Crippen LogP contribution is 2.25. The van der Waals surface area contributed by atoms with Gasteiger partial charge in [-0.15, -0.1) is 0 Å². The lowest BCUT2D eigenvalue weighted by molar-refractivity contribution is -0.133. The number of thioether (sulfide) groups is 1. The van der Waals surface area contributed by atoms with E-state index in [2.05, 4.69) is 27.1 Å². The molecule has 1 heterocycles. The molecule has 0 radical (unpaired) electrons. The minimum atomic E-state index is -0.910.